The number of pyridine rings is 1. The summed E-state index contributed by atoms with van der Waals surface area (Å²) >= 11 is 0. The van der Waals surface area contributed by atoms with Crippen molar-refractivity contribution in [2.24, 2.45) is 11.8 Å². The van der Waals surface area contributed by atoms with Gasteiger partial charge in [-0.15, -0.1) is 0 Å². The zero-order chi connectivity index (χ0) is 25.8. The van der Waals surface area contributed by atoms with Gasteiger partial charge in [0.15, 0.2) is 5.82 Å². The van der Waals surface area contributed by atoms with E-state index in [1.807, 2.05) is 4.90 Å². The molecule has 0 spiro atoms. The SMILES string of the molecule is Cc1nc(N2C[C@H]3CN(C(=O)c4c(F)cccc4-c4ncccc4F)C[C@H]3C2)nc(C(C)(C)O)c1F. The van der Waals surface area contributed by atoms with Gasteiger partial charge in [0.05, 0.1) is 11.3 Å². The van der Waals surface area contributed by atoms with Crippen molar-refractivity contribution in [1.82, 2.24) is 19.9 Å². The Morgan fingerprint density at radius 3 is 2.31 bits per heavy atom. The second-order valence-corrected chi connectivity index (χ2v) is 9.96. The lowest BCUT2D eigenvalue weighted by molar-refractivity contribution is 0.0690. The van der Waals surface area contributed by atoms with Crippen LogP contribution in [0.25, 0.3) is 11.3 Å². The summed E-state index contributed by atoms with van der Waals surface area (Å²) in [6.07, 6.45) is 1.40. The fourth-order valence-electron chi connectivity index (χ4n) is 5.09. The summed E-state index contributed by atoms with van der Waals surface area (Å²) in [5, 5.41) is 10.3. The molecule has 1 N–H and O–H groups in total. The summed E-state index contributed by atoms with van der Waals surface area (Å²) in [5.74, 6) is -2.01. The van der Waals surface area contributed by atoms with Crippen LogP contribution in [0.15, 0.2) is 36.5 Å². The van der Waals surface area contributed by atoms with Crippen molar-refractivity contribution in [3.05, 3.63) is 70.9 Å². The topological polar surface area (TPSA) is 82.5 Å². The third kappa shape index (κ3) is 4.19. The summed E-state index contributed by atoms with van der Waals surface area (Å²) in [4.78, 5) is 29.5. The number of aryl methyl sites for hydroxylation is 1. The molecule has 0 aliphatic carbocycles. The molecular formula is C26H26F3N5O2. The van der Waals surface area contributed by atoms with Crippen LogP contribution in [0.2, 0.25) is 0 Å². The maximum absolute atomic E-state index is 14.9. The minimum absolute atomic E-state index is 0.0623. The van der Waals surface area contributed by atoms with E-state index in [-0.39, 0.29) is 40.0 Å². The molecule has 5 rings (SSSR count). The van der Waals surface area contributed by atoms with E-state index in [9.17, 15) is 23.1 Å². The van der Waals surface area contributed by atoms with Gasteiger partial charge in [0.2, 0.25) is 5.95 Å². The van der Waals surface area contributed by atoms with Crippen molar-refractivity contribution in [3.63, 3.8) is 0 Å². The monoisotopic (exact) mass is 497 g/mol. The van der Waals surface area contributed by atoms with Gasteiger partial charge in [-0.3, -0.25) is 9.78 Å². The maximum Gasteiger partial charge on any atom is 0.257 e. The molecule has 2 aromatic heterocycles. The van der Waals surface area contributed by atoms with Crippen molar-refractivity contribution < 1.29 is 23.1 Å². The number of hydrogen-bond donors (Lipinski definition) is 1. The molecule has 188 valence electrons. The molecule has 0 saturated carbocycles. The number of benzene rings is 1. The van der Waals surface area contributed by atoms with Crippen LogP contribution in [0.3, 0.4) is 0 Å². The summed E-state index contributed by atoms with van der Waals surface area (Å²) in [6.45, 7) is 6.31. The van der Waals surface area contributed by atoms with Gasteiger partial charge in [-0.1, -0.05) is 12.1 Å². The van der Waals surface area contributed by atoms with E-state index in [1.54, 1.807) is 4.90 Å². The number of aliphatic hydroxyl groups is 1. The van der Waals surface area contributed by atoms with Gasteiger partial charge >= 0.3 is 0 Å². The molecule has 2 atom stereocenters. The average molecular weight is 498 g/mol. The molecule has 10 heteroatoms. The minimum atomic E-state index is -1.46. The van der Waals surface area contributed by atoms with E-state index in [2.05, 4.69) is 15.0 Å². The van der Waals surface area contributed by atoms with Crippen LogP contribution in [0.5, 0.6) is 0 Å². The fourth-order valence-corrected chi connectivity index (χ4v) is 5.09. The first-order chi connectivity index (χ1) is 17.0. The van der Waals surface area contributed by atoms with Crippen molar-refractivity contribution in [1.29, 1.82) is 0 Å². The van der Waals surface area contributed by atoms with Crippen LogP contribution in [-0.4, -0.2) is 57.0 Å². The number of amides is 1. The Bertz CT molecular complexity index is 1330. The smallest absolute Gasteiger partial charge is 0.257 e. The summed E-state index contributed by atoms with van der Waals surface area (Å²) in [7, 11) is 0. The predicted molar refractivity (Wildman–Crippen MR) is 127 cm³/mol. The first kappa shape index (κ1) is 24.2. The highest BCUT2D eigenvalue weighted by Gasteiger charge is 2.43. The van der Waals surface area contributed by atoms with Gasteiger partial charge < -0.3 is 14.9 Å². The van der Waals surface area contributed by atoms with Gasteiger partial charge in [-0.2, -0.15) is 0 Å². The van der Waals surface area contributed by atoms with Gasteiger partial charge in [-0.25, -0.2) is 23.1 Å². The number of halogens is 3. The number of nitrogens with zero attached hydrogens (tertiary/aromatic N) is 5. The molecule has 1 amide bonds. The molecule has 4 heterocycles. The number of fused-ring (bicyclic) bond motifs is 1. The molecule has 2 fully saturated rings. The molecule has 2 aliphatic heterocycles. The lowest BCUT2D eigenvalue weighted by Gasteiger charge is -2.25. The fraction of sp³-hybridized carbons (Fsp3) is 0.385. The molecule has 0 radical (unpaired) electrons. The highest BCUT2D eigenvalue weighted by Crippen LogP contribution is 2.36. The van der Waals surface area contributed by atoms with E-state index in [1.165, 1.54) is 57.3 Å². The third-order valence-corrected chi connectivity index (χ3v) is 6.88. The standard InChI is InChI=1S/C26H26F3N5O2/c1-14-21(29)23(26(2,3)36)32-25(31-14)34-12-15-10-33(11-16(15)13-34)24(35)20-17(6-4-7-18(20)27)22-19(28)8-5-9-30-22/h4-9,15-16,36H,10-13H2,1-3H3/t15-,16+. The summed E-state index contributed by atoms with van der Waals surface area (Å²) in [5.41, 5.74) is -1.52. The Hall–Kier alpha value is -3.53. The largest absolute Gasteiger partial charge is 0.384 e. The molecule has 7 nitrogen and oxygen atoms in total. The summed E-state index contributed by atoms with van der Waals surface area (Å²) in [6, 6.07) is 6.76. The Morgan fingerprint density at radius 1 is 1.00 bits per heavy atom. The van der Waals surface area contributed by atoms with Crippen LogP contribution in [0.4, 0.5) is 19.1 Å². The Kier molecular flexibility index (Phi) is 5.94. The minimum Gasteiger partial charge on any atom is -0.384 e. The quantitative estimate of drug-likeness (QED) is 0.592. The van der Waals surface area contributed by atoms with Crippen molar-refractivity contribution in [3.8, 4) is 11.3 Å². The number of carbonyl (C=O) groups is 1. The van der Waals surface area contributed by atoms with Crippen LogP contribution in [0, 0.1) is 36.2 Å². The van der Waals surface area contributed by atoms with Crippen LogP contribution < -0.4 is 4.90 Å². The van der Waals surface area contributed by atoms with Gasteiger partial charge in [0.1, 0.15) is 28.6 Å². The molecule has 2 aliphatic rings. The number of likely N-dealkylation sites (tertiary alicyclic amines) is 1. The molecule has 0 bridgehead atoms. The van der Waals surface area contributed by atoms with Crippen molar-refractivity contribution >= 4 is 11.9 Å². The van der Waals surface area contributed by atoms with Crippen LogP contribution >= 0.6 is 0 Å². The van der Waals surface area contributed by atoms with Gasteiger partial charge in [0.25, 0.3) is 5.91 Å². The predicted octanol–water partition coefficient (Wildman–Crippen LogP) is 3.70. The third-order valence-electron chi connectivity index (χ3n) is 6.88. The molecule has 36 heavy (non-hydrogen) atoms. The first-order valence-corrected chi connectivity index (χ1v) is 11.7. The molecule has 0 unspecified atom stereocenters. The number of rotatable bonds is 4. The van der Waals surface area contributed by atoms with E-state index in [0.717, 1.165) is 0 Å². The first-order valence-electron chi connectivity index (χ1n) is 11.7. The number of anilines is 1. The number of aromatic nitrogens is 3. The van der Waals surface area contributed by atoms with E-state index in [4.69, 9.17) is 0 Å². The Labute approximate surface area is 206 Å². The average Bonchev–Trinajstić information content (AvgIpc) is 3.39. The maximum atomic E-state index is 14.9. The summed E-state index contributed by atoms with van der Waals surface area (Å²) < 4.78 is 43.8. The highest BCUT2D eigenvalue weighted by atomic mass is 19.1. The lowest BCUT2D eigenvalue weighted by Crippen LogP contribution is -2.35. The normalized spacial score (nSPS) is 19.6. The van der Waals surface area contributed by atoms with Gasteiger partial charge in [-0.05, 0) is 39.0 Å². The van der Waals surface area contributed by atoms with E-state index in [0.29, 0.717) is 32.1 Å². The zero-order valence-electron chi connectivity index (χ0n) is 20.2. The highest BCUT2D eigenvalue weighted by molar-refractivity contribution is 6.01. The molecular weight excluding hydrogens is 471 g/mol. The van der Waals surface area contributed by atoms with Crippen LogP contribution in [0.1, 0.15) is 35.6 Å². The van der Waals surface area contributed by atoms with Crippen molar-refractivity contribution in [2.75, 3.05) is 31.1 Å². The van der Waals surface area contributed by atoms with Crippen molar-refractivity contribution in [2.45, 2.75) is 26.4 Å². The lowest BCUT2D eigenvalue weighted by atomic mass is 10.0. The number of carbonyl (C=O) groups excluding carboxylic acids is 1. The van der Waals surface area contributed by atoms with E-state index >= 15 is 0 Å². The molecule has 2 saturated heterocycles. The second kappa shape index (κ2) is 8.85. The Balaban J connectivity index is 1.36. The van der Waals surface area contributed by atoms with Gasteiger partial charge in [0, 0.05) is 49.8 Å². The zero-order valence-corrected chi connectivity index (χ0v) is 20.2. The van der Waals surface area contributed by atoms with Crippen LogP contribution in [-0.2, 0) is 5.60 Å². The Morgan fingerprint density at radius 2 is 1.67 bits per heavy atom. The second-order valence-electron chi connectivity index (χ2n) is 9.96. The van der Waals surface area contributed by atoms with E-state index < -0.39 is 29.0 Å². The molecule has 3 aromatic rings. The number of hydrogen-bond acceptors (Lipinski definition) is 6. The molecule has 1 aromatic carbocycles.